The molecule has 0 atom stereocenters. The van der Waals surface area contributed by atoms with Crippen LogP contribution in [0.3, 0.4) is 0 Å². The third-order valence-corrected chi connectivity index (χ3v) is 9.37. The maximum absolute atomic E-state index is 13.3. The highest BCUT2D eigenvalue weighted by Gasteiger charge is 2.37. The molecule has 0 N–H and O–H groups in total. The summed E-state index contributed by atoms with van der Waals surface area (Å²) in [6.45, 7) is 1.32. The molecule has 0 radical (unpaired) electrons. The van der Waals surface area contributed by atoms with Crippen molar-refractivity contribution < 1.29 is 28.6 Å². The summed E-state index contributed by atoms with van der Waals surface area (Å²) in [6, 6.07) is 9.74. The van der Waals surface area contributed by atoms with Gasteiger partial charge in [0.1, 0.15) is 6.54 Å². The van der Waals surface area contributed by atoms with Gasteiger partial charge in [-0.15, -0.1) is 0 Å². The van der Waals surface area contributed by atoms with Gasteiger partial charge >= 0.3 is 11.7 Å². The molecule has 250 valence electrons. The van der Waals surface area contributed by atoms with Crippen molar-refractivity contribution in [2.75, 3.05) is 40.0 Å². The second-order valence-electron chi connectivity index (χ2n) is 10.9. The number of methoxy groups -OCH3 is 1. The lowest BCUT2D eigenvalue weighted by molar-refractivity contribution is -0.139. The fourth-order valence-electron chi connectivity index (χ4n) is 5.26. The Bertz CT molecular complexity index is 2140. The lowest BCUT2D eigenvalue weighted by Crippen LogP contribution is -2.46. The van der Waals surface area contributed by atoms with Crippen molar-refractivity contribution in [3.8, 4) is 17.5 Å². The van der Waals surface area contributed by atoms with Gasteiger partial charge in [-0.2, -0.15) is 4.98 Å². The molecule has 0 spiro atoms. The van der Waals surface area contributed by atoms with Gasteiger partial charge in [0.25, 0.3) is 16.7 Å². The Balaban J connectivity index is 1.31. The number of halogens is 2. The van der Waals surface area contributed by atoms with Crippen LogP contribution in [0.4, 0.5) is 4.79 Å². The Morgan fingerprint density at radius 3 is 2.48 bits per heavy atom. The largest absolute Gasteiger partial charge is 0.493 e. The van der Waals surface area contributed by atoms with Gasteiger partial charge in [-0.1, -0.05) is 35.3 Å². The molecule has 17 heteroatoms. The Labute approximate surface area is 287 Å². The average molecular weight is 716 g/mol. The van der Waals surface area contributed by atoms with Gasteiger partial charge in [0.15, 0.2) is 22.7 Å². The van der Waals surface area contributed by atoms with Gasteiger partial charge in [0, 0.05) is 37.2 Å². The van der Waals surface area contributed by atoms with Crippen molar-refractivity contribution in [3.05, 3.63) is 83.3 Å². The van der Waals surface area contributed by atoms with E-state index in [2.05, 4.69) is 4.98 Å². The van der Waals surface area contributed by atoms with Crippen LogP contribution in [0.5, 0.6) is 17.5 Å². The first-order valence-corrected chi connectivity index (χ1v) is 16.1. The second-order valence-corrected chi connectivity index (χ2v) is 12.7. The van der Waals surface area contributed by atoms with E-state index >= 15 is 0 Å². The highest BCUT2D eigenvalue weighted by atomic mass is 35.5. The third-order valence-electron chi connectivity index (χ3n) is 7.87. The highest BCUT2D eigenvalue weighted by Crippen LogP contribution is 2.37. The van der Waals surface area contributed by atoms with Crippen LogP contribution in [0.2, 0.25) is 10.0 Å². The van der Waals surface area contributed by atoms with Gasteiger partial charge in [-0.05, 0) is 53.2 Å². The molecule has 2 fully saturated rings. The van der Waals surface area contributed by atoms with E-state index < -0.39 is 22.4 Å². The van der Waals surface area contributed by atoms with E-state index in [0.717, 1.165) is 21.2 Å². The van der Waals surface area contributed by atoms with Crippen molar-refractivity contribution in [1.29, 1.82) is 0 Å². The number of thioether (sulfide) groups is 1. The normalized spacial score (nSPS) is 16.0. The predicted octanol–water partition coefficient (Wildman–Crippen LogP) is 3.48. The summed E-state index contributed by atoms with van der Waals surface area (Å²) in [5, 5.41) is 0.249. The lowest BCUT2D eigenvalue weighted by atomic mass is 10.2. The average Bonchev–Trinajstić information content (AvgIpc) is 3.56. The van der Waals surface area contributed by atoms with Crippen LogP contribution in [-0.2, 0) is 35.0 Å². The number of fused-ring (bicyclic) bond motifs is 1. The number of aryl methyl sites for hydroxylation is 1. The summed E-state index contributed by atoms with van der Waals surface area (Å²) in [7, 11) is 4.29. The molecule has 4 heterocycles. The smallest absolute Gasteiger partial charge is 0.332 e. The SMILES string of the molecule is COc1cc(/C=C2\SC(=O)N(CC(=O)N3CCOCC3)C2=O)ccc1Oc1nc2c(c(=O)n(C)c(=O)n2C)n1Cc1ccc(Cl)cc1Cl. The van der Waals surface area contributed by atoms with E-state index in [1.165, 1.54) is 36.4 Å². The number of aromatic nitrogens is 4. The van der Waals surface area contributed by atoms with E-state index in [0.29, 0.717) is 47.5 Å². The molecule has 14 nitrogen and oxygen atoms in total. The minimum atomic E-state index is -0.580. The monoisotopic (exact) mass is 714 g/mol. The molecule has 0 bridgehead atoms. The number of carbonyl (C=O) groups excluding carboxylic acids is 3. The zero-order valence-corrected chi connectivity index (χ0v) is 28.2. The van der Waals surface area contributed by atoms with Crippen molar-refractivity contribution in [3.63, 3.8) is 0 Å². The summed E-state index contributed by atoms with van der Waals surface area (Å²) in [4.78, 5) is 71.6. The first-order valence-electron chi connectivity index (χ1n) is 14.5. The predicted molar refractivity (Wildman–Crippen MR) is 179 cm³/mol. The Hall–Kier alpha value is -4.57. The van der Waals surface area contributed by atoms with Gasteiger partial charge < -0.3 is 19.1 Å². The topological polar surface area (TPSA) is 147 Å². The summed E-state index contributed by atoms with van der Waals surface area (Å²) < 4.78 is 20.8. The Morgan fingerprint density at radius 2 is 1.77 bits per heavy atom. The number of ether oxygens (including phenoxy) is 3. The van der Waals surface area contributed by atoms with Crippen LogP contribution in [-0.4, -0.2) is 85.5 Å². The number of carbonyl (C=O) groups is 3. The minimum Gasteiger partial charge on any atom is -0.493 e. The quantitative estimate of drug-likeness (QED) is 0.249. The van der Waals surface area contributed by atoms with Crippen LogP contribution in [0.1, 0.15) is 11.1 Å². The number of nitrogens with zero attached hydrogens (tertiary/aromatic N) is 6. The maximum Gasteiger partial charge on any atom is 0.332 e. The molecule has 48 heavy (non-hydrogen) atoms. The van der Waals surface area contributed by atoms with Gasteiger partial charge in [-0.25, -0.2) is 4.79 Å². The van der Waals surface area contributed by atoms with Crippen molar-refractivity contribution >= 4 is 69.3 Å². The van der Waals surface area contributed by atoms with Crippen LogP contribution in [0.15, 0.2) is 50.9 Å². The number of amides is 3. The molecule has 2 aliphatic rings. The van der Waals surface area contributed by atoms with Crippen molar-refractivity contribution in [2.45, 2.75) is 6.54 Å². The molecular formula is C31H28Cl2N6O8S. The molecule has 0 saturated carbocycles. The molecule has 6 rings (SSSR count). The molecule has 2 saturated heterocycles. The van der Waals surface area contributed by atoms with Gasteiger partial charge in [0.05, 0.1) is 31.8 Å². The number of imide groups is 1. The number of rotatable bonds is 8. The Kier molecular flexibility index (Phi) is 9.38. The second kappa shape index (κ2) is 13.5. The molecule has 4 aromatic rings. The van der Waals surface area contributed by atoms with E-state index in [1.807, 2.05) is 0 Å². The number of benzene rings is 2. The number of hydrogen-bond acceptors (Lipinski definition) is 10. The van der Waals surface area contributed by atoms with Crippen LogP contribution in [0, 0.1) is 0 Å². The van der Waals surface area contributed by atoms with E-state index in [4.69, 9.17) is 37.4 Å². The van der Waals surface area contributed by atoms with Crippen molar-refractivity contribution in [1.82, 2.24) is 28.5 Å². The standard InChI is InChI=1S/C31H28Cl2N6O8S/c1-35-26-25(28(42)36(2)30(35)43)38(15-18-5-6-19(32)14-20(18)33)29(34-26)47-21-7-4-17(12-22(21)45-3)13-23-27(41)39(31(44)48-23)16-24(40)37-8-10-46-11-9-37/h4-7,12-14H,8-11,15-16H2,1-3H3/b23-13-. The van der Waals surface area contributed by atoms with E-state index in [9.17, 15) is 24.0 Å². The molecular weight excluding hydrogens is 687 g/mol. The van der Waals surface area contributed by atoms with E-state index in [-0.39, 0.29) is 52.6 Å². The van der Waals surface area contributed by atoms with Crippen LogP contribution < -0.4 is 20.7 Å². The zero-order valence-electron chi connectivity index (χ0n) is 25.9. The molecule has 0 aliphatic carbocycles. The van der Waals surface area contributed by atoms with Gasteiger partial charge in [0.2, 0.25) is 5.91 Å². The highest BCUT2D eigenvalue weighted by molar-refractivity contribution is 8.18. The lowest BCUT2D eigenvalue weighted by Gasteiger charge is -2.28. The number of hydrogen-bond donors (Lipinski definition) is 0. The Morgan fingerprint density at radius 1 is 1.02 bits per heavy atom. The first-order chi connectivity index (χ1) is 23.0. The molecule has 0 unspecified atom stereocenters. The summed E-state index contributed by atoms with van der Waals surface area (Å²) in [6.07, 6.45) is 1.52. The molecule has 3 amide bonds. The zero-order chi connectivity index (χ0) is 34.3. The maximum atomic E-state index is 13.3. The summed E-state index contributed by atoms with van der Waals surface area (Å²) in [5.74, 6) is -0.449. The molecule has 2 aromatic carbocycles. The fourth-order valence-corrected chi connectivity index (χ4v) is 6.57. The van der Waals surface area contributed by atoms with Gasteiger partial charge in [-0.3, -0.25) is 37.8 Å². The van der Waals surface area contributed by atoms with Crippen LogP contribution >= 0.6 is 35.0 Å². The minimum absolute atomic E-state index is 0.0218. The fraction of sp³-hybridized carbons (Fsp3) is 0.290. The third kappa shape index (κ3) is 6.33. The van der Waals surface area contributed by atoms with E-state index in [1.54, 1.807) is 41.3 Å². The van der Waals surface area contributed by atoms with Crippen molar-refractivity contribution in [2.24, 2.45) is 14.1 Å². The first kappa shape index (κ1) is 33.3. The van der Waals surface area contributed by atoms with Crippen LogP contribution in [0.25, 0.3) is 17.2 Å². The number of morpholine rings is 1. The molecule has 2 aliphatic heterocycles. The molecule has 2 aromatic heterocycles. The summed E-state index contributed by atoms with van der Waals surface area (Å²) >= 11 is 13.3. The summed E-state index contributed by atoms with van der Waals surface area (Å²) in [5.41, 5.74) is 0.194. The number of imidazole rings is 1.